The first-order valence-electron chi connectivity index (χ1n) is 9.31. The van der Waals surface area contributed by atoms with Gasteiger partial charge >= 0.3 is 6.03 Å². The highest BCUT2D eigenvalue weighted by atomic mass is 32.1. The summed E-state index contributed by atoms with van der Waals surface area (Å²) in [5.74, 6) is 1.51. The van der Waals surface area contributed by atoms with E-state index in [0.29, 0.717) is 13.1 Å². The lowest BCUT2D eigenvalue weighted by molar-refractivity contribution is -0.124. The number of nitrogens with one attached hydrogen (secondary N) is 2. The standard InChI is InChI=1S/C16H26N8O2S/c1-3-12-20-16(27-21-12)23-9-7-22(8-10-23)14(17-4-2)18-5-6-24-13(25)11-19-15(24)26/h3-11H2,1-2H3,(H,17,18)(H,19,26). The van der Waals surface area contributed by atoms with E-state index in [4.69, 9.17) is 0 Å². The van der Waals surface area contributed by atoms with Crippen molar-refractivity contribution in [3.05, 3.63) is 5.82 Å². The molecule has 2 saturated heterocycles. The summed E-state index contributed by atoms with van der Waals surface area (Å²) in [6.07, 6.45) is 0.852. The number of aryl methyl sites for hydroxylation is 1. The van der Waals surface area contributed by atoms with Crippen LogP contribution in [0.1, 0.15) is 19.7 Å². The van der Waals surface area contributed by atoms with E-state index in [1.807, 2.05) is 6.92 Å². The molecule has 2 N–H and O–H groups in total. The van der Waals surface area contributed by atoms with E-state index >= 15 is 0 Å². The molecule has 10 nitrogen and oxygen atoms in total. The summed E-state index contributed by atoms with van der Waals surface area (Å²) in [6, 6.07) is -0.336. The third-order valence-electron chi connectivity index (χ3n) is 4.48. The number of aromatic nitrogens is 2. The Hall–Kier alpha value is -2.43. The maximum Gasteiger partial charge on any atom is 0.324 e. The fourth-order valence-corrected chi connectivity index (χ4v) is 3.79. The molecule has 2 aliphatic rings. The Morgan fingerprint density at radius 2 is 2.04 bits per heavy atom. The molecule has 0 saturated carbocycles. The van der Waals surface area contributed by atoms with Crippen LogP contribution in [0.15, 0.2) is 4.99 Å². The molecule has 0 bridgehead atoms. The van der Waals surface area contributed by atoms with Crippen LogP contribution in [0, 0.1) is 0 Å². The molecule has 148 valence electrons. The molecular formula is C16H26N8O2S. The summed E-state index contributed by atoms with van der Waals surface area (Å²) in [5, 5.41) is 6.79. The van der Waals surface area contributed by atoms with Crippen molar-refractivity contribution in [3.8, 4) is 0 Å². The van der Waals surface area contributed by atoms with Gasteiger partial charge in [-0.1, -0.05) is 6.92 Å². The zero-order chi connectivity index (χ0) is 19.2. The second kappa shape index (κ2) is 8.98. The van der Waals surface area contributed by atoms with Crippen molar-refractivity contribution in [1.29, 1.82) is 0 Å². The van der Waals surface area contributed by atoms with Gasteiger partial charge in [0.05, 0.1) is 19.6 Å². The molecule has 27 heavy (non-hydrogen) atoms. The van der Waals surface area contributed by atoms with Crippen LogP contribution in [0.2, 0.25) is 0 Å². The van der Waals surface area contributed by atoms with Crippen molar-refractivity contribution >= 4 is 34.6 Å². The largest absolute Gasteiger partial charge is 0.357 e. The van der Waals surface area contributed by atoms with E-state index in [0.717, 1.165) is 56.1 Å². The molecule has 3 amide bonds. The number of piperazine rings is 1. The average molecular weight is 395 g/mol. The monoisotopic (exact) mass is 394 g/mol. The van der Waals surface area contributed by atoms with E-state index in [1.165, 1.54) is 16.4 Å². The van der Waals surface area contributed by atoms with Gasteiger partial charge < -0.3 is 20.4 Å². The molecule has 11 heteroatoms. The maximum absolute atomic E-state index is 11.6. The number of amides is 3. The van der Waals surface area contributed by atoms with Crippen molar-refractivity contribution in [3.63, 3.8) is 0 Å². The molecule has 0 aliphatic carbocycles. The number of carbonyl (C=O) groups excluding carboxylic acids is 2. The van der Waals surface area contributed by atoms with Crippen LogP contribution in [0.25, 0.3) is 0 Å². The van der Waals surface area contributed by atoms with Gasteiger partial charge in [0.25, 0.3) is 0 Å². The van der Waals surface area contributed by atoms with Gasteiger partial charge in [-0.25, -0.2) is 9.78 Å². The lowest BCUT2D eigenvalue weighted by Gasteiger charge is -2.36. The number of carbonyl (C=O) groups is 2. The number of nitrogens with zero attached hydrogens (tertiary/aromatic N) is 6. The number of anilines is 1. The minimum atomic E-state index is -0.336. The molecule has 3 heterocycles. The summed E-state index contributed by atoms with van der Waals surface area (Å²) in [5.41, 5.74) is 0. The highest BCUT2D eigenvalue weighted by Gasteiger charge is 2.28. The van der Waals surface area contributed by atoms with E-state index in [9.17, 15) is 9.59 Å². The molecule has 0 unspecified atom stereocenters. The zero-order valence-corrected chi connectivity index (χ0v) is 16.6. The van der Waals surface area contributed by atoms with Crippen molar-refractivity contribution in [2.24, 2.45) is 4.99 Å². The Balaban J connectivity index is 1.54. The van der Waals surface area contributed by atoms with Gasteiger partial charge in [0.2, 0.25) is 11.0 Å². The Kier molecular flexibility index (Phi) is 6.43. The number of aliphatic imine (C=N–C) groups is 1. The van der Waals surface area contributed by atoms with Crippen molar-refractivity contribution in [1.82, 2.24) is 29.8 Å². The Labute approximate surface area is 162 Å². The van der Waals surface area contributed by atoms with Gasteiger partial charge in [-0.05, 0) is 6.92 Å². The normalized spacial score (nSPS) is 18.3. The van der Waals surface area contributed by atoms with Crippen LogP contribution < -0.4 is 15.5 Å². The first-order chi connectivity index (χ1) is 13.1. The van der Waals surface area contributed by atoms with Crippen LogP contribution in [0.5, 0.6) is 0 Å². The molecule has 1 aromatic heterocycles. The molecule has 0 aromatic carbocycles. The first kappa shape index (κ1) is 19.3. The zero-order valence-electron chi connectivity index (χ0n) is 15.8. The topological polar surface area (TPSA) is 106 Å². The lowest BCUT2D eigenvalue weighted by atomic mass is 10.3. The quantitative estimate of drug-likeness (QED) is 0.389. The van der Waals surface area contributed by atoms with E-state index in [-0.39, 0.29) is 18.5 Å². The summed E-state index contributed by atoms with van der Waals surface area (Å²) >= 11 is 1.45. The number of guanidine groups is 1. The van der Waals surface area contributed by atoms with E-state index < -0.39 is 0 Å². The summed E-state index contributed by atoms with van der Waals surface area (Å²) < 4.78 is 4.36. The van der Waals surface area contributed by atoms with Crippen molar-refractivity contribution < 1.29 is 9.59 Å². The van der Waals surface area contributed by atoms with Gasteiger partial charge in [0.1, 0.15) is 5.82 Å². The maximum atomic E-state index is 11.6. The highest BCUT2D eigenvalue weighted by Crippen LogP contribution is 2.19. The third-order valence-corrected chi connectivity index (χ3v) is 5.30. The van der Waals surface area contributed by atoms with Crippen LogP contribution in [0.4, 0.5) is 9.93 Å². The van der Waals surface area contributed by atoms with Gasteiger partial charge in [0.15, 0.2) is 5.96 Å². The summed E-state index contributed by atoms with van der Waals surface area (Å²) in [7, 11) is 0. The summed E-state index contributed by atoms with van der Waals surface area (Å²) in [6.45, 7) is 8.98. The van der Waals surface area contributed by atoms with E-state index in [1.54, 1.807) is 0 Å². The lowest BCUT2D eigenvalue weighted by Crippen LogP contribution is -2.52. The predicted octanol–water partition coefficient (Wildman–Crippen LogP) is -0.260. The molecule has 2 aliphatic heterocycles. The number of urea groups is 1. The van der Waals surface area contributed by atoms with E-state index in [2.05, 4.69) is 41.7 Å². The fourth-order valence-electron chi connectivity index (χ4n) is 2.99. The Bertz CT molecular complexity index is 682. The van der Waals surface area contributed by atoms with Crippen LogP contribution in [-0.4, -0.2) is 89.4 Å². The summed E-state index contributed by atoms with van der Waals surface area (Å²) in [4.78, 5) is 38.0. The SMILES string of the molecule is CCNC(=NCCN1C(=O)CNC1=O)N1CCN(c2nc(CC)ns2)CC1. The third kappa shape index (κ3) is 4.65. The number of hydrogen-bond donors (Lipinski definition) is 2. The van der Waals surface area contributed by atoms with Crippen LogP contribution in [-0.2, 0) is 11.2 Å². The van der Waals surface area contributed by atoms with Crippen molar-refractivity contribution in [2.75, 3.05) is 57.3 Å². The number of rotatable bonds is 6. The minimum absolute atomic E-state index is 0.0793. The van der Waals surface area contributed by atoms with Crippen LogP contribution in [0.3, 0.4) is 0 Å². The minimum Gasteiger partial charge on any atom is -0.357 e. The Morgan fingerprint density at radius 3 is 2.63 bits per heavy atom. The highest BCUT2D eigenvalue weighted by molar-refractivity contribution is 7.09. The van der Waals surface area contributed by atoms with Crippen molar-refractivity contribution in [2.45, 2.75) is 20.3 Å². The van der Waals surface area contributed by atoms with Gasteiger partial charge in [0, 0.05) is 50.7 Å². The predicted molar refractivity (Wildman–Crippen MR) is 104 cm³/mol. The second-order valence-corrected chi connectivity index (χ2v) is 6.99. The first-order valence-corrected chi connectivity index (χ1v) is 10.1. The molecule has 2 fully saturated rings. The van der Waals surface area contributed by atoms with Gasteiger partial charge in [-0.2, -0.15) is 4.37 Å². The van der Waals surface area contributed by atoms with Gasteiger partial charge in [-0.15, -0.1) is 0 Å². The molecule has 0 spiro atoms. The smallest absolute Gasteiger partial charge is 0.324 e. The number of hydrogen-bond acceptors (Lipinski definition) is 7. The fraction of sp³-hybridized carbons (Fsp3) is 0.688. The van der Waals surface area contributed by atoms with Crippen LogP contribution >= 0.6 is 11.5 Å². The molecular weight excluding hydrogens is 368 g/mol. The Morgan fingerprint density at radius 1 is 1.26 bits per heavy atom. The average Bonchev–Trinajstić information content (AvgIpc) is 3.29. The number of imide groups is 1. The molecule has 1 aromatic rings. The second-order valence-electron chi connectivity index (χ2n) is 6.26. The van der Waals surface area contributed by atoms with Gasteiger partial charge in [-0.3, -0.25) is 14.7 Å². The molecule has 0 atom stereocenters. The molecule has 0 radical (unpaired) electrons. The molecule has 3 rings (SSSR count).